The average molecular weight is 322 g/mol. The van der Waals surface area contributed by atoms with Crippen LogP contribution in [0.4, 0.5) is 4.39 Å². The third-order valence-corrected chi connectivity index (χ3v) is 4.92. The summed E-state index contributed by atoms with van der Waals surface area (Å²) in [6, 6.07) is 3.39. The Kier molecular flexibility index (Phi) is 4.49. The SMILES string of the molecule is O=C(COc1ccc(F)c(Cl)c1)N[C@H]1CCS(=O)(=O)C1. The van der Waals surface area contributed by atoms with Crippen LogP contribution in [0.25, 0.3) is 0 Å². The van der Waals surface area contributed by atoms with Crippen molar-refractivity contribution in [1.82, 2.24) is 5.32 Å². The van der Waals surface area contributed by atoms with Crippen molar-refractivity contribution in [2.45, 2.75) is 12.5 Å². The number of hydrogen-bond acceptors (Lipinski definition) is 4. The summed E-state index contributed by atoms with van der Waals surface area (Å²) in [6.45, 7) is -0.279. The van der Waals surface area contributed by atoms with E-state index >= 15 is 0 Å². The molecule has 5 nitrogen and oxygen atoms in total. The average Bonchev–Trinajstić information content (AvgIpc) is 2.70. The van der Waals surface area contributed by atoms with Crippen LogP contribution < -0.4 is 10.1 Å². The third kappa shape index (κ3) is 4.08. The Morgan fingerprint density at radius 2 is 2.25 bits per heavy atom. The molecule has 1 aromatic rings. The second-order valence-electron chi connectivity index (χ2n) is 4.53. The highest BCUT2D eigenvalue weighted by Gasteiger charge is 2.28. The lowest BCUT2D eigenvalue weighted by Gasteiger charge is -2.11. The number of carbonyl (C=O) groups excluding carboxylic acids is 1. The molecule has 1 amide bonds. The largest absolute Gasteiger partial charge is 0.484 e. The third-order valence-electron chi connectivity index (χ3n) is 2.86. The number of nitrogens with one attached hydrogen (secondary N) is 1. The number of hydrogen-bond donors (Lipinski definition) is 1. The monoisotopic (exact) mass is 321 g/mol. The van der Waals surface area contributed by atoms with Gasteiger partial charge in [-0.25, -0.2) is 12.8 Å². The lowest BCUT2D eigenvalue weighted by atomic mass is 10.2. The molecule has 1 saturated heterocycles. The smallest absolute Gasteiger partial charge is 0.258 e. The summed E-state index contributed by atoms with van der Waals surface area (Å²) in [4.78, 5) is 11.6. The Bertz CT molecular complexity index is 620. The molecule has 0 saturated carbocycles. The quantitative estimate of drug-likeness (QED) is 0.903. The van der Waals surface area contributed by atoms with Crippen LogP contribution in [0.2, 0.25) is 5.02 Å². The van der Waals surface area contributed by atoms with Crippen molar-refractivity contribution in [3.63, 3.8) is 0 Å². The summed E-state index contributed by atoms with van der Waals surface area (Å²) in [5.74, 6) is -0.675. The van der Waals surface area contributed by atoms with Crippen molar-refractivity contribution < 1.29 is 22.3 Å². The number of carbonyl (C=O) groups is 1. The minimum atomic E-state index is -3.03. The Morgan fingerprint density at radius 3 is 2.85 bits per heavy atom. The molecule has 1 aromatic carbocycles. The predicted molar refractivity (Wildman–Crippen MR) is 72.1 cm³/mol. The lowest BCUT2D eigenvalue weighted by molar-refractivity contribution is -0.123. The summed E-state index contributed by atoms with van der Waals surface area (Å²) in [6.07, 6.45) is 0.413. The molecule has 0 radical (unpaired) electrons. The van der Waals surface area contributed by atoms with E-state index in [-0.39, 0.29) is 34.9 Å². The Morgan fingerprint density at radius 1 is 1.50 bits per heavy atom. The van der Waals surface area contributed by atoms with Crippen LogP contribution in [-0.2, 0) is 14.6 Å². The normalized spacial score (nSPS) is 20.6. The van der Waals surface area contributed by atoms with Gasteiger partial charge in [0.15, 0.2) is 16.4 Å². The second kappa shape index (κ2) is 5.97. The van der Waals surface area contributed by atoms with Gasteiger partial charge in [-0.05, 0) is 18.6 Å². The van der Waals surface area contributed by atoms with E-state index < -0.39 is 21.6 Å². The molecule has 1 fully saturated rings. The molecule has 110 valence electrons. The van der Waals surface area contributed by atoms with Gasteiger partial charge in [0.25, 0.3) is 5.91 Å². The lowest BCUT2D eigenvalue weighted by Crippen LogP contribution is -2.38. The Labute approximate surface area is 121 Å². The van der Waals surface area contributed by atoms with Crippen LogP contribution in [0, 0.1) is 5.82 Å². The van der Waals surface area contributed by atoms with E-state index in [0.29, 0.717) is 6.42 Å². The van der Waals surface area contributed by atoms with Gasteiger partial charge in [-0.2, -0.15) is 0 Å². The minimum Gasteiger partial charge on any atom is -0.484 e. The fraction of sp³-hybridized carbons (Fsp3) is 0.417. The maximum absolute atomic E-state index is 12.9. The number of amides is 1. The van der Waals surface area contributed by atoms with Crippen LogP contribution in [-0.4, -0.2) is 38.5 Å². The minimum absolute atomic E-state index is 0.0406. The van der Waals surface area contributed by atoms with Gasteiger partial charge in [-0.3, -0.25) is 4.79 Å². The maximum Gasteiger partial charge on any atom is 0.258 e. The number of sulfone groups is 1. The zero-order valence-electron chi connectivity index (χ0n) is 10.4. The molecule has 0 aromatic heterocycles. The first kappa shape index (κ1) is 15.1. The molecule has 1 atom stereocenters. The summed E-state index contributed by atoms with van der Waals surface area (Å²) in [5, 5.41) is 2.49. The van der Waals surface area contributed by atoms with Crippen LogP contribution >= 0.6 is 11.6 Å². The molecule has 0 aliphatic carbocycles. The van der Waals surface area contributed by atoms with E-state index in [1.165, 1.54) is 12.1 Å². The Balaban J connectivity index is 1.82. The molecule has 1 N–H and O–H groups in total. The van der Waals surface area contributed by atoms with Crippen molar-refractivity contribution in [2.75, 3.05) is 18.1 Å². The van der Waals surface area contributed by atoms with Crippen LogP contribution in [0.5, 0.6) is 5.75 Å². The van der Waals surface area contributed by atoms with Gasteiger partial charge in [0.1, 0.15) is 11.6 Å². The summed E-state index contributed by atoms with van der Waals surface area (Å²) < 4.78 is 40.5. The maximum atomic E-state index is 12.9. The highest BCUT2D eigenvalue weighted by molar-refractivity contribution is 7.91. The van der Waals surface area contributed by atoms with Crippen LogP contribution in [0.3, 0.4) is 0 Å². The van der Waals surface area contributed by atoms with E-state index in [0.717, 1.165) is 6.07 Å². The van der Waals surface area contributed by atoms with Gasteiger partial charge >= 0.3 is 0 Å². The molecule has 0 bridgehead atoms. The fourth-order valence-corrected chi connectivity index (χ4v) is 3.74. The summed E-state index contributed by atoms with van der Waals surface area (Å²) in [5.41, 5.74) is 0. The molecule has 20 heavy (non-hydrogen) atoms. The van der Waals surface area contributed by atoms with Gasteiger partial charge in [0, 0.05) is 12.1 Å². The highest BCUT2D eigenvalue weighted by Crippen LogP contribution is 2.21. The molecule has 0 unspecified atom stereocenters. The molecule has 2 rings (SSSR count). The van der Waals surface area contributed by atoms with Crippen molar-refractivity contribution in [1.29, 1.82) is 0 Å². The van der Waals surface area contributed by atoms with Gasteiger partial charge in [-0.15, -0.1) is 0 Å². The van der Waals surface area contributed by atoms with E-state index in [1.54, 1.807) is 0 Å². The van der Waals surface area contributed by atoms with Gasteiger partial charge in [-0.1, -0.05) is 11.6 Å². The molecule has 8 heteroatoms. The number of rotatable bonds is 4. The van der Waals surface area contributed by atoms with Crippen molar-refractivity contribution >= 4 is 27.3 Å². The van der Waals surface area contributed by atoms with Crippen molar-refractivity contribution in [3.8, 4) is 5.75 Å². The number of ether oxygens (including phenoxy) is 1. The standard InChI is InChI=1S/C12H13ClFNO4S/c13-10-5-9(1-2-11(10)14)19-6-12(16)15-8-3-4-20(17,18)7-8/h1-2,5,8H,3-4,6-7H2,(H,15,16)/t8-/m0/s1. The van der Waals surface area contributed by atoms with Crippen LogP contribution in [0.1, 0.15) is 6.42 Å². The van der Waals surface area contributed by atoms with E-state index in [2.05, 4.69) is 5.32 Å². The molecule has 1 aliphatic heterocycles. The number of halogens is 2. The Hall–Kier alpha value is -1.34. The highest BCUT2D eigenvalue weighted by atomic mass is 35.5. The second-order valence-corrected chi connectivity index (χ2v) is 7.17. The zero-order chi connectivity index (χ0) is 14.8. The first-order valence-electron chi connectivity index (χ1n) is 5.93. The van der Waals surface area contributed by atoms with Gasteiger partial charge in [0.2, 0.25) is 0 Å². The first-order valence-corrected chi connectivity index (χ1v) is 8.13. The number of benzene rings is 1. The summed E-state index contributed by atoms with van der Waals surface area (Å²) in [7, 11) is -3.03. The molecular weight excluding hydrogens is 309 g/mol. The molecule has 0 spiro atoms. The van der Waals surface area contributed by atoms with Crippen molar-refractivity contribution in [2.24, 2.45) is 0 Å². The summed E-state index contributed by atoms with van der Waals surface area (Å²) >= 11 is 5.58. The van der Waals surface area contributed by atoms with E-state index in [1.807, 2.05) is 0 Å². The topological polar surface area (TPSA) is 72.5 Å². The van der Waals surface area contributed by atoms with Crippen molar-refractivity contribution in [3.05, 3.63) is 29.0 Å². The van der Waals surface area contributed by atoms with Gasteiger partial charge < -0.3 is 10.1 Å². The van der Waals surface area contributed by atoms with Crippen LogP contribution in [0.15, 0.2) is 18.2 Å². The van der Waals surface area contributed by atoms with Gasteiger partial charge in [0.05, 0.1) is 16.5 Å². The fourth-order valence-electron chi connectivity index (χ4n) is 1.89. The first-order chi connectivity index (χ1) is 9.35. The van der Waals surface area contributed by atoms with E-state index in [4.69, 9.17) is 16.3 Å². The van der Waals surface area contributed by atoms with E-state index in [9.17, 15) is 17.6 Å². The molecular formula is C12H13ClFNO4S. The zero-order valence-corrected chi connectivity index (χ0v) is 12.0. The predicted octanol–water partition coefficient (Wildman–Crippen LogP) is 1.16. The molecule has 1 heterocycles. The molecule has 1 aliphatic rings.